The van der Waals surface area contributed by atoms with Crippen molar-refractivity contribution >= 4 is 54.3 Å². The third-order valence-corrected chi connectivity index (χ3v) is 16.4. The average Bonchev–Trinajstić information content (AvgIpc) is 4.03. The highest BCUT2D eigenvalue weighted by Gasteiger charge is 2.52. The third kappa shape index (κ3) is 4.74. The average molecular weight is 855 g/mol. The second-order valence-electron chi connectivity index (χ2n) is 21.2. The topological polar surface area (TPSA) is 13.1 Å². The maximum atomic E-state index is 6.42. The molecule has 0 saturated carbocycles. The number of benzene rings is 11. The van der Waals surface area contributed by atoms with Gasteiger partial charge in [0.25, 0.3) is 0 Å². The fourth-order valence-electron chi connectivity index (χ4n) is 13.1. The molecule has 0 amide bonds. The monoisotopic (exact) mass is 854 g/mol. The summed E-state index contributed by atoms with van der Waals surface area (Å²) >= 11 is 0. The number of para-hydroxylation sites is 1. The number of fused-ring (bicyclic) bond motifs is 17. The first-order chi connectivity index (χ1) is 32.6. The zero-order valence-corrected chi connectivity index (χ0v) is 38.3. The van der Waals surface area contributed by atoms with E-state index < -0.39 is 5.41 Å². The molecule has 11 aromatic carbocycles. The normalized spacial score (nSPS) is 14.9. The molecular formula is C66H46O. The van der Waals surface area contributed by atoms with Gasteiger partial charge in [-0.2, -0.15) is 0 Å². The third-order valence-electron chi connectivity index (χ3n) is 16.4. The summed E-state index contributed by atoms with van der Waals surface area (Å²) in [7, 11) is 0. The Labute approximate surface area is 390 Å². The van der Waals surface area contributed by atoms with Gasteiger partial charge in [-0.1, -0.05) is 180 Å². The van der Waals surface area contributed by atoms with Crippen LogP contribution in [-0.4, -0.2) is 0 Å². The summed E-state index contributed by atoms with van der Waals surface area (Å²) in [6, 6.07) is 71.9. The first kappa shape index (κ1) is 37.5. The lowest BCUT2D eigenvalue weighted by Gasteiger charge is -2.31. The standard InChI is InChI=1S/C66H46O/c1-64(2,3)44-30-41-18-19-43-35-58-63(52-29-24-42(31-44)61(41)62(43)52)51-28-23-37(32-55(51)65(58,4)5)38-20-25-47-48-26-21-39(40-22-27-50-49-14-8-11-17-59(49)67-60(50)36-40)34-57(48)66(56(47)33-38)53-15-9-6-12-45(53)46-13-7-10-16-54(46)66/h6-36H,1-5H3. The van der Waals surface area contributed by atoms with Gasteiger partial charge in [0.15, 0.2) is 0 Å². The lowest BCUT2D eigenvalue weighted by atomic mass is 9.70. The van der Waals surface area contributed by atoms with Gasteiger partial charge in [-0.3, -0.25) is 0 Å². The van der Waals surface area contributed by atoms with Crippen molar-refractivity contribution in [3.05, 3.63) is 227 Å². The van der Waals surface area contributed by atoms with Crippen LogP contribution < -0.4 is 0 Å². The van der Waals surface area contributed by atoms with Gasteiger partial charge in [-0.15, -0.1) is 0 Å². The number of furan rings is 1. The molecule has 0 fully saturated rings. The van der Waals surface area contributed by atoms with Crippen molar-refractivity contribution in [2.75, 3.05) is 0 Å². The fraction of sp³-hybridized carbons (Fsp3) is 0.121. The lowest BCUT2D eigenvalue weighted by molar-refractivity contribution is 0.591. The predicted octanol–water partition coefficient (Wildman–Crippen LogP) is 17.8. The molecular weight excluding hydrogens is 809 g/mol. The molecule has 67 heavy (non-hydrogen) atoms. The molecule has 316 valence electrons. The van der Waals surface area contributed by atoms with Gasteiger partial charge in [0.1, 0.15) is 11.2 Å². The van der Waals surface area contributed by atoms with E-state index in [9.17, 15) is 0 Å². The number of hydrogen-bond acceptors (Lipinski definition) is 1. The largest absolute Gasteiger partial charge is 0.456 e. The first-order valence-electron chi connectivity index (χ1n) is 23.9. The molecule has 0 unspecified atom stereocenters. The van der Waals surface area contributed by atoms with E-state index in [1.165, 1.54) is 121 Å². The minimum Gasteiger partial charge on any atom is -0.456 e. The zero-order valence-electron chi connectivity index (χ0n) is 38.3. The zero-order chi connectivity index (χ0) is 44.7. The van der Waals surface area contributed by atoms with Crippen LogP contribution in [-0.2, 0) is 16.2 Å². The lowest BCUT2D eigenvalue weighted by Crippen LogP contribution is -2.26. The molecule has 15 rings (SSSR count). The molecule has 1 aromatic heterocycles. The van der Waals surface area contributed by atoms with Gasteiger partial charge >= 0.3 is 0 Å². The molecule has 12 aromatic rings. The van der Waals surface area contributed by atoms with E-state index in [4.69, 9.17) is 4.42 Å². The van der Waals surface area contributed by atoms with Crippen LogP contribution in [0.4, 0.5) is 0 Å². The first-order valence-corrected chi connectivity index (χ1v) is 23.9. The van der Waals surface area contributed by atoms with Crippen molar-refractivity contribution in [3.63, 3.8) is 0 Å². The Morgan fingerprint density at radius 1 is 0.358 bits per heavy atom. The van der Waals surface area contributed by atoms with E-state index in [0.717, 1.165) is 27.5 Å². The summed E-state index contributed by atoms with van der Waals surface area (Å²) in [5.41, 5.74) is 23.7. The van der Waals surface area contributed by atoms with E-state index in [-0.39, 0.29) is 10.8 Å². The van der Waals surface area contributed by atoms with Crippen molar-refractivity contribution in [2.45, 2.75) is 50.9 Å². The minimum atomic E-state index is -0.482. The Morgan fingerprint density at radius 3 is 1.51 bits per heavy atom. The van der Waals surface area contributed by atoms with Crippen molar-refractivity contribution in [2.24, 2.45) is 0 Å². The molecule has 1 nitrogen and oxygen atoms in total. The molecule has 1 heterocycles. The van der Waals surface area contributed by atoms with E-state index in [1.807, 2.05) is 6.07 Å². The molecule has 1 heteroatoms. The van der Waals surface area contributed by atoms with Crippen molar-refractivity contribution in [1.82, 2.24) is 0 Å². The summed E-state index contributed by atoms with van der Waals surface area (Å²) in [5, 5.41) is 10.4. The highest BCUT2D eigenvalue weighted by Crippen LogP contribution is 2.64. The van der Waals surface area contributed by atoms with Gasteiger partial charge in [-0.05, 0) is 175 Å². The molecule has 0 N–H and O–H groups in total. The fourth-order valence-corrected chi connectivity index (χ4v) is 13.1. The summed E-state index contributed by atoms with van der Waals surface area (Å²) < 4.78 is 6.42. The molecule has 0 bridgehead atoms. The Balaban J connectivity index is 0.910. The van der Waals surface area contributed by atoms with Crippen LogP contribution in [0, 0.1) is 0 Å². The van der Waals surface area contributed by atoms with Crippen LogP contribution >= 0.6 is 0 Å². The summed E-state index contributed by atoms with van der Waals surface area (Å²) in [6.45, 7) is 11.8. The quantitative estimate of drug-likeness (QED) is 0.158. The van der Waals surface area contributed by atoms with E-state index >= 15 is 0 Å². The molecule has 0 atom stereocenters. The van der Waals surface area contributed by atoms with Crippen molar-refractivity contribution < 1.29 is 4.42 Å². The second-order valence-corrected chi connectivity index (χ2v) is 21.2. The van der Waals surface area contributed by atoms with Gasteiger partial charge in [0, 0.05) is 16.2 Å². The number of rotatable bonds is 2. The second kappa shape index (κ2) is 12.6. The van der Waals surface area contributed by atoms with Crippen LogP contribution in [0.25, 0.3) is 110 Å². The summed E-state index contributed by atoms with van der Waals surface area (Å²) in [6.07, 6.45) is 0. The van der Waals surface area contributed by atoms with Crippen molar-refractivity contribution in [1.29, 1.82) is 0 Å². The van der Waals surface area contributed by atoms with Gasteiger partial charge < -0.3 is 4.42 Å². The van der Waals surface area contributed by atoms with E-state index in [2.05, 4.69) is 217 Å². The SMILES string of the molecule is CC(C)(C)c1cc2ccc3cc4c(c5ccc(c1)c2c35)-c1ccc(-c2ccc3c(c2)C2(c5ccccc5-c5ccccc52)c2cc(-c5ccc6c(c5)oc5ccccc56)ccc2-3)cc1C4(C)C. The highest BCUT2D eigenvalue weighted by molar-refractivity contribution is 6.27. The molecule has 3 aliphatic carbocycles. The van der Waals surface area contributed by atoms with Crippen molar-refractivity contribution in [3.8, 4) is 55.6 Å². The minimum absolute atomic E-state index is 0.0820. The van der Waals surface area contributed by atoms with E-state index in [0.29, 0.717) is 0 Å². The Bertz CT molecular complexity index is 4100. The maximum absolute atomic E-state index is 6.42. The smallest absolute Gasteiger partial charge is 0.136 e. The van der Waals surface area contributed by atoms with Gasteiger partial charge in [0.2, 0.25) is 0 Å². The summed E-state index contributed by atoms with van der Waals surface area (Å²) in [4.78, 5) is 0. The molecule has 0 aliphatic heterocycles. The molecule has 1 spiro atoms. The van der Waals surface area contributed by atoms with Crippen LogP contribution in [0.1, 0.15) is 73.6 Å². The maximum Gasteiger partial charge on any atom is 0.136 e. The van der Waals surface area contributed by atoms with Crippen LogP contribution in [0.3, 0.4) is 0 Å². The highest BCUT2D eigenvalue weighted by atomic mass is 16.3. The van der Waals surface area contributed by atoms with E-state index in [1.54, 1.807) is 0 Å². The van der Waals surface area contributed by atoms with Crippen LogP contribution in [0.15, 0.2) is 192 Å². The molecule has 0 saturated heterocycles. The Hall–Kier alpha value is -7.74. The molecule has 3 aliphatic rings. The Kier molecular flexibility index (Phi) is 7.03. The predicted molar refractivity (Wildman–Crippen MR) is 281 cm³/mol. The van der Waals surface area contributed by atoms with Crippen LogP contribution in [0.5, 0.6) is 0 Å². The molecule has 0 radical (unpaired) electrons. The van der Waals surface area contributed by atoms with Gasteiger partial charge in [-0.25, -0.2) is 0 Å². The Morgan fingerprint density at radius 2 is 0.851 bits per heavy atom. The summed E-state index contributed by atoms with van der Waals surface area (Å²) in [5.74, 6) is 0. The van der Waals surface area contributed by atoms with Gasteiger partial charge in [0.05, 0.1) is 5.41 Å². The van der Waals surface area contributed by atoms with Crippen LogP contribution in [0.2, 0.25) is 0 Å². The number of hydrogen-bond donors (Lipinski definition) is 0.